The maximum absolute atomic E-state index is 9.91. The van der Waals surface area contributed by atoms with E-state index in [1.807, 2.05) is 0 Å². The Morgan fingerprint density at radius 3 is 1.91 bits per heavy atom. The molecule has 0 aromatic carbocycles. The summed E-state index contributed by atoms with van der Waals surface area (Å²) >= 11 is 0. The predicted molar refractivity (Wildman–Crippen MR) is 72.2 cm³/mol. The van der Waals surface area contributed by atoms with Crippen molar-refractivity contribution in [2.45, 2.75) is 55.6 Å². The van der Waals surface area contributed by atoms with Gasteiger partial charge in [0.1, 0.15) is 61.5 Å². The maximum Gasteiger partial charge on any atom is 0.152 e. The molecule has 130 valence electrons. The summed E-state index contributed by atoms with van der Waals surface area (Å²) in [5.41, 5.74) is 0. The molecule has 1 aliphatic carbocycles. The maximum atomic E-state index is 9.91. The fraction of sp³-hybridized carbons (Fsp3) is 0.923. The van der Waals surface area contributed by atoms with E-state index in [0.717, 1.165) is 0 Å². The molecule has 0 aromatic heterocycles. The third kappa shape index (κ3) is 4.28. The zero-order valence-corrected chi connectivity index (χ0v) is 12.0. The molecule has 9 heteroatoms. The number of aliphatic hydroxyl groups excluding tert-OH is 9. The van der Waals surface area contributed by atoms with Crippen LogP contribution in [0.25, 0.3) is 0 Å². The largest absolute Gasteiger partial charge is 0.394 e. The molecule has 0 aliphatic heterocycles. The summed E-state index contributed by atoms with van der Waals surface area (Å²) in [5, 5.41) is 85.4. The van der Waals surface area contributed by atoms with Crippen LogP contribution in [0.5, 0.6) is 0 Å². The van der Waals surface area contributed by atoms with Crippen molar-refractivity contribution in [1.29, 1.82) is 0 Å². The lowest BCUT2D eigenvalue weighted by Crippen LogP contribution is -2.52. The van der Waals surface area contributed by atoms with Crippen LogP contribution in [0.4, 0.5) is 0 Å². The highest BCUT2D eigenvalue weighted by Crippen LogP contribution is 2.36. The molecule has 1 saturated carbocycles. The molecular weight excluding hydrogens is 300 g/mol. The molecule has 9 nitrogen and oxygen atoms in total. The second kappa shape index (κ2) is 8.39. The van der Waals surface area contributed by atoms with E-state index < -0.39 is 61.9 Å². The van der Waals surface area contributed by atoms with Crippen LogP contribution in [0.3, 0.4) is 0 Å². The first-order valence-electron chi connectivity index (χ1n) is 7.07. The molecule has 1 aliphatic rings. The average molecular weight is 325 g/mol. The van der Waals surface area contributed by atoms with Gasteiger partial charge in [0.25, 0.3) is 0 Å². The molecule has 0 aromatic rings. The number of hydrogen-bond donors (Lipinski definition) is 9. The SMILES string of the molecule is OC[C@@H](O)[C@@H](O)[C@H](O)[C@@H](O)C[C+]1C[C@@H](O)[C@@H](O)[C@H](O)[C@@H]1CO. The van der Waals surface area contributed by atoms with E-state index in [4.69, 9.17) is 5.11 Å². The molecule has 0 radical (unpaired) electrons. The zero-order chi connectivity index (χ0) is 17.0. The Balaban J connectivity index is 2.70. The van der Waals surface area contributed by atoms with Crippen LogP contribution in [0.2, 0.25) is 0 Å². The number of rotatable bonds is 7. The van der Waals surface area contributed by atoms with E-state index in [1.54, 1.807) is 0 Å². The van der Waals surface area contributed by atoms with Gasteiger partial charge in [-0.3, -0.25) is 0 Å². The molecule has 8 atom stereocenters. The van der Waals surface area contributed by atoms with Gasteiger partial charge < -0.3 is 46.0 Å². The standard InChI is InChI=1S/C13H25O9/c14-3-6-5(1-7(16)11(20)10(6)19)2-8(17)12(21)13(22)9(18)4-15/h6-22H,1-4H2/q+1/t6-,7-,8+,9-,10-,11-,12-,13-/m1/s1. The topological polar surface area (TPSA) is 182 Å². The molecule has 22 heavy (non-hydrogen) atoms. The Kier molecular flexibility index (Phi) is 7.46. The Bertz CT molecular complexity index is 329. The van der Waals surface area contributed by atoms with Crippen LogP contribution in [0.15, 0.2) is 0 Å². The highest BCUT2D eigenvalue weighted by molar-refractivity contribution is 5.10. The van der Waals surface area contributed by atoms with Crippen molar-refractivity contribution < 1.29 is 46.0 Å². The summed E-state index contributed by atoms with van der Waals surface area (Å²) in [6.07, 6.45) is -11.2. The Morgan fingerprint density at radius 1 is 0.864 bits per heavy atom. The minimum Gasteiger partial charge on any atom is -0.394 e. The summed E-state index contributed by atoms with van der Waals surface area (Å²) in [6, 6.07) is 0. The van der Waals surface area contributed by atoms with Gasteiger partial charge in [-0.1, -0.05) is 0 Å². The van der Waals surface area contributed by atoms with Gasteiger partial charge in [-0.05, 0) is 0 Å². The van der Waals surface area contributed by atoms with Crippen molar-refractivity contribution in [3.8, 4) is 0 Å². The normalized spacial score (nSPS) is 35.0. The van der Waals surface area contributed by atoms with E-state index in [-0.39, 0.29) is 12.8 Å². The van der Waals surface area contributed by atoms with Gasteiger partial charge in [0.2, 0.25) is 0 Å². The average Bonchev–Trinajstić information content (AvgIpc) is 2.50. The van der Waals surface area contributed by atoms with Crippen LogP contribution < -0.4 is 0 Å². The Hall–Kier alpha value is -0.490. The van der Waals surface area contributed by atoms with Crippen LogP contribution in [0, 0.1) is 11.8 Å². The van der Waals surface area contributed by atoms with Crippen LogP contribution in [-0.4, -0.2) is 102 Å². The molecular formula is C13H25O9+. The van der Waals surface area contributed by atoms with E-state index >= 15 is 0 Å². The van der Waals surface area contributed by atoms with Crippen molar-refractivity contribution in [2.24, 2.45) is 5.92 Å². The van der Waals surface area contributed by atoms with Crippen molar-refractivity contribution in [3.63, 3.8) is 0 Å². The van der Waals surface area contributed by atoms with E-state index in [0.29, 0.717) is 5.92 Å². The molecule has 0 amide bonds. The zero-order valence-electron chi connectivity index (χ0n) is 12.0. The van der Waals surface area contributed by atoms with Gasteiger partial charge in [-0.2, -0.15) is 0 Å². The molecule has 9 N–H and O–H groups in total. The fourth-order valence-corrected chi connectivity index (χ4v) is 2.67. The molecule has 0 heterocycles. The summed E-state index contributed by atoms with van der Waals surface area (Å²) < 4.78 is 0. The van der Waals surface area contributed by atoms with E-state index in [9.17, 15) is 40.9 Å². The second-order valence-corrected chi connectivity index (χ2v) is 5.70. The molecule has 1 fully saturated rings. The van der Waals surface area contributed by atoms with Gasteiger partial charge in [0.05, 0.1) is 13.2 Å². The Morgan fingerprint density at radius 2 is 1.41 bits per heavy atom. The molecule has 0 unspecified atom stereocenters. The predicted octanol–water partition coefficient (Wildman–Crippen LogP) is -4.52. The quantitative estimate of drug-likeness (QED) is 0.208. The minimum atomic E-state index is -1.78. The van der Waals surface area contributed by atoms with Crippen LogP contribution >= 0.6 is 0 Å². The monoisotopic (exact) mass is 325 g/mol. The lowest BCUT2D eigenvalue weighted by Gasteiger charge is -2.34. The number of aliphatic hydroxyl groups is 9. The minimum absolute atomic E-state index is 0.0914. The van der Waals surface area contributed by atoms with Crippen molar-refractivity contribution in [2.75, 3.05) is 13.2 Å². The summed E-state index contributed by atoms with van der Waals surface area (Å²) in [7, 11) is 0. The summed E-state index contributed by atoms with van der Waals surface area (Å²) in [5.74, 6) is -0.565. The van der Waals surface area contributed by atoms with Gasteiger partial charge in [-0.25, -0.2) is 0 Å². The first kappa shape index (κ1) is 19.6. The molecule has 0 saturated heterocycles. The van der Waals surface area contributed by atoms with Crippen LogP contribution in [0.1, 0.15) is 12.8 Å². The highest BCUT2D eigenvalue weighted by Gasteiger charge is 2.51. The highest BCUT2D eigenvalue weighted by atomic mass is 16.4. The number of hydrogen-bond acceptors (Lipinski definition) is 9. The third-order valence-electron chi connectivity index (χ3n) is 4.15. The molecule has 0 bridgehead atoms. The van der Waals surface area contributed by atoms with Crippen molar-refractivity contribution in [3.05, 3.63) is 5.92 Å². The van der Waals surface area contributed by atoms with Gasteiger partial charge in [-0.15, -0.1) is 0 Å². The van der Waals surface area contributed by atoms with E-state index in [1.165, 1.54) is 0 Å². The fourth-order valence-electron chi connectivity index (χ4n) is 2.67. The first-order chi connectivity index (χ1) is 10.2. The molecule has 1 rings (SSSR count). The lowest BCUT2D eigenvalue weighted by molar-refractivity contribution is -0.128. The van der Waals surface area contributed by atoms with Gasteiger partial charge in [0.15, 0.2) is 5.92 Å². The van der Waals surface area contributed by atoms with Gasteiger partial charge in [0, 0.05) is 0 Å². The van der Waals surface area contributed by atoms with Crippen molar-refractivity contribution in [1.82, 2.24) is 0 Å². The smallest absolute Gasteiger partial charge is 0.152 e. The molecule has 0 spiro atoms. The van der Waals surface area contributed by atoms with Crippen molar-refractivity contribution >= 4 is 0 Å². The lowest BCUT2D eigenvalue weighted by atomic mass is 9.72. The second-order valence-electron chi connectivity index (χ2n) is 5.70. The summed E-state index contributed by atoms with van der Waals surface area (Å²) in [4.78, 5) is 0. The van der Waals surface area contributed by atoms with E-state index in [2.05, 4.69) is 0 Å². The van der Waals surface area contributed by atoms with Gasteiger partial charge >= 0.3 is 0 Å². The van der Waals surface area contributed by atoms with Crippen LogP contribution in [-0.2, 0) is 0 Å². The Labute approximate surface area is 127 Å². The third-order valence-corrected chi connectivity index (χ3v) is 4.15. The first-order valence-corrected chi connectivity index (χ1v) is 7.07. The summed E-state index contributed by atoms with van der Waals surface area (Å²) in [6.45, 7) is -1.32.